The zero-order chi connectivity index (χ0) is 47.5. The Balaban J connectivity index is 1.05. The summed E-state index contributed by atoms with van der Waals surface area (Å²) >= 11 is 0. The fraction of sp³-hybridized carbons (Fsp3) is 0. The van der Waals surface area contributed by atoms with Gasteiger partial charge < -0.3 is 18.6 Å². The van der Waals surface area contributed by atoms with Crippen molar-refractivity contribution in [1.29, 1.82) is 0 Å². The molecule has 0 unspecified atom stereocenters. The molecular weight excluding hydrogens is 877 g/mol. The van der Waals surface area contributed by atoms with Crippen molar-refractivity contribution >= 4 is 99.5 Å². The van der Waals surface area contributed by atoms with Gasteiger partial charge in [0.05, 0.1) is 39.2 Å². The molecule has 0 atom stereocenters. The summed E-state index contributed by atoms with van der Waals surface area (Å²) in [7, 11) is 0. The van der Waals surface area contributed by atoms with Gasteiger partial charge in [0.25, 0.3) is 0 Å². The molecule has 0 saturated heterocycles. The van der Waals surface area contributed by atoms with Gasteiger partial charge in [-0.2, -0.15) is 0 Å². The maximum Gasteiger partial charge on any atom is 0.145 e. The summed E-state index contributed by atoms with van der Waals surface area (Å²) in [5, 5.41) is 8.72. The van der Waals surface area contributed by atoms with Crippen LogP contribution >= 0.6 is 0 Å². The van der Waals surface area contributed by atoms with Crippen LogP contribution in [0.4, 0.5) is 34.1 Å². The lowest BCUT2D eigenvalue weighted by Crippen LogP contribution is -2.14. The predicted molar refractivity (Wildman–Crippen MR) is 302 cm³/mol. The predicted octanol–water partition coefficient (Wildman–Crippen LogP) is 19.7. The molecule has 0 saturated carbocycles. The molecule has 0 spiro atoms. The summed E-state index contributed by atoms with van der Waals surface area (Å²) < 4.78 is 13.5. The van der Waals surface area contributed by atoms with Crippen LogP contribution in [0.2, 0.25) is 0 Å². The first-order valence-electron chi connectivity index (χ1n) is 24.5. The molecule has 4 nitrogen and oxygen atoms in total. The van der Waals surface area contributed by atoms with E-state index in [4.69, 9.17) is 8.83 Å². The van der Waals surface area contributed by atoms with Crippen LogP contribution in [0.25, 0.3) is 98.8 Å². The van der Waals surface area contributed by atoms with E-state index in [1.807, 2.05) is 6.07 Å². The molecule has 2 heterocycles. The van der Waals surface area contributed by atoms with Crippen molar-refractivity contribution < 1.29 is 8.83 Å². The molecule has 2 aromatic heterocycles. The molecule has 4 heteroatoms. The number of nitrogens with zero attached hydrogens (tertiary/aromatic N) is 2. The molecule has 0 aliphatic heterocycles. The Morgan fingerprint density at radius 1 is 0.250 bits per heavy atom. The first kappa shape index (κ1) is 41.3. The maximum absolute atomic E-state index is 6.86. The third kappa shape index (κ3) is 6.76. The number of rotatable bonds is 9. The van der Waals surface area contributed by atoms with Gasteiger partial charge in [0.1, 0.15) is 22.3 Å². The van der Waals surface area contributed by atoms with Crippen LogP contribution in [0.5, 0.6) is 0 Å². The number of para-hydroxylation sites is 4. The Kier molecular flexibility index (Phi) is 9.82. The van der Waals surface area contributed by atoms with Gasteiger partial charge in [-0.1, -0.05) is 206 Å². The largest absolute Gasteiger partial charge is 0.456 e. The molecule has 338 valence electrons. The SMILES string of the molecule is c1ccc(-c2ccc(N(c3ccccc3-c3ccccc3N(c3ccc(-c4ccccc4)c4ccccc34)c3cccc4oc5ccccc5c34)c3cc4ccccc4c4oc5ccccc5c34)cc2)cc1. The summed E-state index contributed by atoms with van der Waals surface area (Å²) in [4.78, 5) is 4.90. The molecule has 14 aromatic rings. The molecule has 0 amide bonds. The van der Waals surface area contributed by atoms with E-state index in [1.54, 1.807) is 0 Å². The molecule has 14 rings (SSSR count). The fourth-order valence-corrected chi connectivity index (χ4v) is 11.0. The summed E-state index contributed by atoms with van der Waals surface area (Å²) in [6.45, 7) is 0. The van der Waals surface area contributed by atoms with Gasteiger partial charge in [-0.25, -0.2) is 0 Å². The Hall–Kier alpha value is -9.64. The van der Waals surface area contributed by atoms with Crippen molar-refractivity contribution in [3.8, 4) is 33.4 Å². The molecule has 0 bridgehead atoms. The van der Waals surface area contributed by atoms with E-state index in [1.165, 1.54) is 22.1 Å². The van der Waals surface area contributed by atoms with E-state index in [2.05, 4.69) is 271 Å². The van der Waals surface area contributed by atoms with Crippen molar-refractivity contribution in [2.45, 2.75) is 0 Å². The minimum absolute atomic E-state index is 0.833. The van der Waals surface area contributed by atoms with Crippen LogP contribution in [0, 0.1) is 0 Å². The van der Waals surface area contributed by atoms with Crippen LogP contribution in [0.3, 0.4) is 0 Å². The van der Waals surface area contributed by atoms with E-state index in [0.717, 1.165) is 111 Å². The van der Waals surface area contributed by atoms with Crippen molar-refractivity contribution in [1.82, 2.24) is 0 Å². The lowest BCUT2D eigenvalue weighted by atomic mass is 9.94. The van der Waals surface area contributed by atoms with Gasteiger partial charge in [-0.05, 0) is 93.7 Å². The number of anilines is 6. The average molecular weight is 921 g/mol. The first-order chi connectivity index (χ1) is 35.7. The molecular formula is C68H44N2O2. The fourth-order valence-electron chi connectivity index (χ4n) is 11.0. The Labute approximate surface area is 416 Å². The quantitative estimate of drug-likeness (QED) is 0.144. The number of hydrogen-bond acceptors (Lipinski definition) is 4. The molecule has 72 heavy (non-hydrogen) atoms. The van der Waals surface area contributed by atoms with Gasteiger partial charge >= 0.3 is 0 Å². The number of fused-ring (bicyclic) bond motifs is 9. The second-order valence-corrected chi connectivity index (χ2v) is 18.3. The highest BCUT2D eigenvalue weighted by atomic mass is 16.3. The highest BCUT2D eigenvalue weighted by Gasteiger charge is 2.28. The van der Waals surface area contributed by atoms with Crippen molar-refractivity contribution in [2.24, 2.45) is 0 Å². The molecule has 0 radical (unpaired) electrons. The molecule has 0 fully saturated rings. The Bertz CT molecular complexity index is 4340. The van der Waals surface area contributed by atoms with Crippen LogP contribution in [-0.4, -0.2) is 0 Å². The van der Waals surface area contributed by atoms with Crippen molar-refractivity contribution in [3.63, 3.8) is 0 Å². The van der Waals surface area contributed by atoms with Crippen molar-refractivity contribution in [2.75, 3.05) is 9.80 Å². The normalized spacial score (nSPS) is 11.6. The van der Waals surface area contributed by atoms with Crippen LogP contribution in [0.15, 0.2) is 276 Å². The second-order valence-electron chi connectivity index (χ2n) is 18.3. The topological polar surface area (TPSA) is 32.8 Å². The average Bonchev–Trinajstić information content (AvgIpc) is 4.04. The lowest BCUT2D eigenvalue weighted by Gasteiger charge is -2.32. The highest BCUT2D eigenvalue weighted by Crippen LogP contribution is 2.53. The third-order valence-electron chi connectivity index (χ3n) is 14.3. The smallest absolute Gasteiger partial charge is 0.145 e. The van der Waals surface area contributed by atoms with E-state index in [9.17, 15) is 0 Å². The zero-order valence-corrected chi connectivity index (χ0v) is 39.1. The number of benzene rings is 12. The lowest BCUT2D eigenvalue weighted by molar-refractivity contribution is 0.669. The first-order valence-corrected chi connectivity index (χ1v) is 24.5. The van der Waals surface area contributed by atoms with Gasteiger partial charge in [-0.15, -0.1) is 0 Å². The van der Waals surface area contributed by atoms with Crippen molar-refractivity contribution in [3.05, 3.63) is 267 Å². The Morgan fingerprint density at radius 3 is 1.49 bits per heavy atom. The van der Waals surface area contributed by atoms with E-state index in [-0.39, 0.29) is 0 Å². The standard InChI is InChI=1S/C68H44N2O2/c1-3-20-45(21-4-1)46-38-40-49(41-39-46)69(62-44-48-24-7-8-25-51(48)68-67(62)57-31-14-18-36-64(57)72-68)58-32-15-11-28-54(58)55-29-12-16-33-59(55)70(61-34-19-37-65-66(61)56-30-13-17-35-63(56)71-65)60-43-42-50(47-22-5-2-6-23-47)52-26-9-10-27-53(52)60/h1-44H. The summed E-state index contributed by atoms with van der Waals surface area (Å²) in [6.07, 6.45) is 0. The van der Waals surface area contributed by atoms with E-state index < -0.39 is 0 Å². The van der Waals surface area contributed by atoms with Gasteiger partial charge in [-0.3, -0.25) is 0 Å². The van der Waals surface area contributed by atoms with E-state index >= 15 is 0 Å². The molecule has 0 aliphatic carbocycles. The van der Waals surface area contributed by atoms with Crippen LogP contribution in [-0.2, 0) is 0 Å². The minimum atomic E-state index is 0.833. The number of hydrogen-bond donors (Lipinski definition) is 0. The number of furan rings is 2. The summed E-state index contributed by atoms with van der Waals surface area (Å²) in [5.74, 6) is 0. The summed E-state index contributed by atoms with van der Waals surface area (Å²) in [5.41, 5.74) is 16.4. The van der Waals surface area contributed by atoms with E-state index in [0.29, 0.717) is 0 Å². The highest BCUT2D eigenvalue weighted by molar-refractivity contribution is 6.22. The van der Waals surface area contributed by atoms with Gasteiger partial charge in [0, 0.05) is 38.4 Å². The minimum Gasteiger partial charge on any atom is -0.456 e. The molecule has 0 N–H and O–H groups in total. The Morgan fingerprint density at radius 2 is 0.764 bits per heavy atom. The van der Waals surface area contributed by atoms with Gasteiger partial charge in [0.15, 0.2) is 0 Å². The van der Waals surface area contributed by atoms with Crippen LogP contribution < -0.4 is 9.80 Å². The zero-order valence-electron chi connectivity index (χ0n) is 39.1. The summed E-state index contributed by atoms with van der Waals surface area (Å²) in [6, 6.07) is 95.5. The van der Waals surface area contributed by atoms with Crippen LogP contribution in [0.1, 0.15) is 0 Å². The monoisotopic (exact) mass is 920 g/mol. The third-order valence-corrected chi connectivity index (χ3v) is 14.3. The molecule has 0 aliphatic rings. The van der Waals surface area contributed by atoms with Gasteiger partial charge in [0.2, 0.25) is 0 Å². The maximum atomic E-state index is 6.86. The molecule has 12 aromatic carbocycles. The second kappa shape index (κ2) is 17.1.